The molecule has 0 aliphatic rings. The van der Waals surface area contributed by atoms with Crippen molar-refractivity contribution in [3.05, 3.63) is 53.3 Å². The number of nitrogens with zero attached hydrogens (tertiary/aromatic N) is 4. The van der Waals surface area contributed by atoms with Gasteiger partial charge in [0.05, 0.1) is 5.56 Å². The van der Waals surface area contributed by atoms with E-state index in [1.807, 2.05) is 0 Å². The van der Waals surface area contributed by atoms with Gasteiger partial charge in [0, 0.05) is 13.3 Å². The summed E-state index contributed by atoms with van der Waals surface area (Å²) in [5.41, 5.74) is 0.389. The second-order valence-corrected chi connectivity index (χ2v) is 6.32. The van der Waals surface area contributed by atoms with E-state index in [2.05, 4.69) is 34.1 Å². The molecule has 0 radical (unpaired) electrons. The van der Waals surface area contributed by atoms with Crippen molar-refractivity contribution in [1.82, 2.24) is 20.3 Å². The number of carbonyl (C=O) groups excluding carboxylic acids is 1. The maximum Gasteiger partial charge on any atom is 0.338 e. The van der Waals surface area contributed by atoms with Crippen LogP contribution in [0.4, 0.5) is 0 Å². The molecule has 0 bridgehead atoms. The van der Waals surface area contributed by atoms with Crippen LogP contribution in [0.3, 0.4) is 0 Å². The lowest BCUT2D eigenvalue weighted by atomic mass is 10.1. The maximum atomic E-state index is 12.1. The second kappa shape index (κ2) is 8.43. The van der Waals surface area contributed by atoms with Gasteiger partial charge in [-0.15, -0.1) is 0 Å². The number of hydrogen-bond donors (Lipinski definition) is 0. The van der Waals surface area contributed by atoms with Crippen LogP contribution in [-0.2, 0) is 24.4 Å². The smallest absolute Gasteiger partial charge is 0.338 e. The van der Waals surface area contributed by atoms with Gasteiger partial charge in [-0.2, -0.15) is 9.97 Å². The largest absolute Gasteiger partial charge is 0.485 e. The Morgan fingerprint density at radius 3 is 2.44 bits per heavy atom. The highest BCUT2D eigenvalue weighted by atomic mass is 16.6. The second-order valence-electron chi connectivity index (χ2n) is 6.32. The number of hydrogen-bond acceptors (Lipinski definition) is 9. The number of carbonyl (C=O) groups is 1. The van der Waals surface area contributed by atoms with Gasteiger partial charge >= 0.3 is 5.97 Å². The van der Waals surface area contributed by atoms with Gasteiger partial charge in [0.15, 0.2) is 19.0 Å². The molecule has 2 aromatic heterocycles. The fraction of sp³-hybridized carbons (Fsp3) is 0.389. The summed E-state index contributed by atoms with van der Waals surface area (Å²) in [6.07, 6.45) is 0.711. The molecular formula is C18H20N4O5. The zero-order valence-corrected chi connectivity index (χ0v) is 15.3. The van der Waals surface area contributed by atoms with Crippen molar-refractivity contribution >= 4 is 5.97 Å². The van der Waals surface area contributed by atoms with Crippen LogP contribution in [-0.4, -0.2) is 26.3 Å². The molecule has 0 N–H and O–H groups in total. The topological polar surface area (TPSA) is 113 Å². The number of benzene rings is 1. The van der Waals surface area contributed by atoms with E-state index >= 15 is 0 Å². The lowest BCUT2D eigenvalue weighted by Gasteiger charge is -2.05. The molecule has 9 nitrogen and oxygen atoms in total. The highest BCUT2D eigenvalue weighted by molar-refractivity contribution is 5.89. The molecule has 0 saturated heterocycles. The Morgan fingerprint density at radius 1 is 1.04 bits per heavy atom. The van der Waals surface area contributed by atoms with Crippen molar-refractivity contribution < 1.29 is 23.3 Å². The van der Waals surface area contributed by atoms with Crippen LogP contribution in [0.5, 0.6) is 5.75 Å². The normalized spacial score (nSPS) is 11.0. The van der Waals surface area contributed by atoms with E-state index in [0.717, 1.165) is 0 Å². The minimum absolute atomic E-state index is 0.0701. The van der Waals surface area contributed by atoms with Crippen LogP contribution >= 0.6 is 0 Å². The first-order valence-electron chi connectivity index (χ1n) is 8.50. The third-order valence-electron chi connectivity index (χ3n) is 3.46. The molecule has 27 heavy (non-hydrogen) atoms. The predicted octanol–water partition coefficient (Wildman–Crippen LogP) is 2.90. The average molecular weight is 372 g/mol. The minimum atomic E-state index is -0.487. The Morgan fingerprint density at radius 2 is 1.78 bits per heavy atom. The summed E-state index contributed by atoms with van der Waals surface area (Å²) in [6, 6.07) is 6.54. The molecule has 3 rings (SSSR count). The van der Waals surface area contributed by atoms with Gasteiger partial charge in [-0.05, 0) is 30.2 Å². The van der Waals surface area contributed by atoms with Gasteiger partial charge in [0.25, 0.3) is 5.89 Å². The molecule has 0 aliphatic carbocycles. The molecule has 0 spiro atoms. The first-order valence-corrected chi connectivity index (χ1v) is 8.50. The SMILES string of the molecule is Cc1nc(COc2ccc(C(=O)OCc3nc(CC(C)C)no3)cc2)no1. The fourth-order valence-corrected chi connectivity index (χ4v) is 2.24. The van der Waals surface area contributed by atoms with E-state index in [0.29, 0.717) is 41.2 Å². The van der Waals surface area contributed by atoms with E-state index in [-0.39, 0.29) is 19.1 Å². The van der Waals surface area contributed by atoms with E-state index in [1.54, 1.807) is 31.2 Å². The standard InChI is InChI=1S/C18H20N4O5/c1-11(2)8-15-20-17(27-21-15)10-25-18(23)13-4-6-14(7-5-13)24-9-16-19-12(3)26-22-16/h4-7,11H,8-10H2,1-3H3. The Bertz CT molecular complexity index is 885. The monoisotopic (exact) mass is 372 g/mol. The fourth-order valence-electron chi connectivity index (χ4n) is 2.24. The number of esters is 1. The summed E-state index contributed by atoms with van der Waals surface area (Å²) in [5.74, 6) is 2.31. The minimum Gasteiger partial charge on any atom is -0.485 e. The number of aryl methyl sites for hydroxylation is 1. The van der Waals surface area contributed by atoms with Gasteiger partial charge in [-0.25, -0.2) is 4.79 Å². The third-order valence-corrected chi connectivity index (χ3v) is 3.46. The zero-order valence-electron chi connectivity index (χ0n) is 15.3. The molecular weight excluding hydrogens is 352 g/mol. The van der Waals surface area contributed by atoms with Gasteiger partial charge in [0.2, 0.25) is 11.7 Å². The number of rotatable bonds is 8. The molecule has 0 amide bonds. The lowest BCUT2D eigenvalue weighted by Crippen LogP contribution is -2.06. The summed E-state index contributed by atoms with van der Waals surface area (Å²) < 4.78 is 20.7. The van der Waals surface area contributed by atoms with E-state index in [4.69, 9.17) is 18.5 Å². The molecule has 2 heterocycles. The van der Waals surface area contributed by atoms with Crippen molar-refractivity contribution in [2.75, 3.05) is 0 Å². The molecule has 142 valence electrons. The first kappa shape index (κ1) is 18.6. The van der Waals surface area contributed by atoms with Crippen molar-refractivity contribution in [2.24, 2.45) is 5.92 Å². The van der Waals surface area contributed by atoms with Gasteiger partial charge < -0.3 is 18.5 Å². The Balaban J connectivity index is 1.49. The van der Waals surface area contributed by atoms with Gasteiger partial charge in [-0.1, -0.05) is 24.2 Å². The van der Waals surface area contributed by atoms with Crippen molar-refractivity contribution in [3.63, 3.8) is 0 Å². The Hall–Kier alpha value is -3.23. The highest BCUT2D eigenvalue weighted by Gasteiger charge is 2.12. The number of ether oxygens (including phenoxy) is 2. The van der Waals surface area contributed by atoms with Crippen LogP contribution in [0, 0.1) is 12.8 Å². The van der Waals surface area contributed by atoms with Crippen molar-refractivity contribution in [2.45, 2.75) is 40.4 Å². The van der Waals surface area contributed by atoms with Crippen LogP contribution in [0.1, 0.15) is 47.6 Å². The zero-order chi connectivity index (χ0) is 19.2. The Kier molecular flexibility index (Phi) is 5.80. The molecule has 0 unspecified atom stereocenters. The van der Waals surface area contributed by atoms with Crippen molar-refractivity contribution in [1.29, 1.82) is 0 Å². The molecule has 1 aromatic carbocycles. The van der Waals surface area contributed by atoms with E-state index < -0.39 is 5.97 Å². The predicted molar refractivity (Wildman–Crippen MR) is 91.8 cm³/mol. The van der Waals surface area contributed by atoms with Crippen LogP contribution in [0.15, 0.2) is 33.3 Å². The molecule has 0 atom stereocenters. The van der Waals surface area contributed by atoms with Crippen molar-refractivity contribution in [3.8, 4) is 5.75 Å². The van der Waals surface area contributed by atoms with E-state index in [9.17, 15) is 4.79 Å². The van der Waals surface area contributed by atoms with Crippen LogP contribution in [0.25, 0.3) is 0 Å². The summed E-state index contributed by atoms with van der Waals surface area (Å²) in [4.78, 5) is 20.3. The molecule has 0 saturated carbocycles. The Labute approximate surface area is 155 Å². The summed E-state index contributed by atoms with van der Waals surface area (Å²) in [7, 11) is 0. The highest BCUT2D eigenvalue weighted by Crippen LogP contribution is 2.15. The summed E-state index contributed by atoms with van der Waals surface area (Å²) in [5, 5.41) is 7.60. The molecule has 9 heteroatoms. The van der Waals surface area contributed by atoms with Crippen LogP contribution < -0.4 is 4.74 Å². The summed E-state index contributed by atoms with van der Waals surface area (Å²) in [6.45, 7) is 5.94. The van der Waals surface area contributed by atoms with Gasteiger partial charge in [0.1, 0.15) is 5.75 Å². The van der Waals surface area contributed by atoms with Crippen LogP contribution in [0.2, 0.25) is 0 Å². The molecule has 3 aromatic rings. The molecule has 0 fully saturated rings. The third kappa shape index (κ3) is 5.37. The summed E-state index contributed by atoms with van der Waals surface area (Å²) >= 11 is 0. The van der Waals surface area contributed by atoms with Gasteiger partial charge in [-0.3, -0.25) is 0 Å². The quantitative estimate of drug-likeness (QED) is 0.551. The lowest BCUT2D eigenvalue weighted by molar-refractivity contribution is 0.0429. The van der Waals surface area contributed by atoms with E-state index in [1.165, 1.54) is 0 Å². The first-order chi connectivity index (χ1) is 13.0. The average Bonchev–Trinajstić information content (AvgIpc) is 3.26. The molecule has 0 aliphatic heterocycles. The maximum absolute atomic E-state index is 12.1. The number of aromatic nitrogens is 4.